The van der Waals surface area contributed by atoms with Crippen molar-refractivity contribution in [2.45, 2.75) is 19.8 Å². The first-order valence-electron chi connectivity index (χ1n) is 9.99. The molecular weight excluding hydrogens is 408 g/mol. The van der Waals surface area contributed by atoms with Gasteiger partial charge >= 0.3 is 0 Å². The summed E-state index contributed by atoms with van der Waals surface area (Å²) in [6, 6.07) is 25.4. The summed E-state index contributed by atoms with van der Waals surface area (Å²) in [6.45, 7) is 3.63. The van der Waals surface area contributed by atoms with Gasteiger partial charge in [0.2, 0.25) is 5.91 Å². The van der Waals surface area contributed by atoms with Crippen molar-refractivity contribution in [2.24, 2.45) is 10.8 Å². The number of rotatable bonds is 5. The van der Waals surface area contributed by atoms with Crippen LogP contribution in [0.3, 0.4) is 0 Å². The van der Waals surface area contributed by atoms with Crippen LogP contribution >= 0.6 is 11.6 Å². The first kappa shape index (κ1) is 20.8. The molecule has 3 aromatic rings. The number of nitrogens with zero attached hydrogens (tertiary/aromatic N) is 1. The zero-order valence-corrected chi connectivity index (χ0v) is 18.0. The molecule has 0 radical (unpaired) electrons. The summed E-state index contributed by atoms with van der Waals surface area (Å²) in [4.78, 5) is 27.2. The van der Waals surface area contributed by atoms with E-state index in [0.29, 0.717) is 16.3 Å². The largest absolute Gasteiger partial charge is 0.325 e. The van der Waals surface area contributed by atoms with Gasteiger partial charge in [-0.05, 0) is 61.4 Å². The van der Waals surface area contributed by atoms with Crippen LogP contribution in [0.4, 0.5) is 5.69 Å². The lowest BCUT2D eigenvalue weighted by Gasteiger charge is -2.16. The SMILES string of the molecule is Cc1cccc(NC(=O)[C@]2(C#N)[C@H](c3ccccc3)[C@@]2(C)C(=O)c2ccc(Cl)cc2)c1. The van der Waals surface area contributed by atoms with E-state index in [4.69, 9.17) is 11.6 Å². The Balaban J connectivity index is 1.79. The van der Waals surface area contributed by atoms with Crippen LogP contribution < -0.4 is 5.32 Å². The molecule has 4 rings (SSSR count). The summed E-state index contributed by atoms with van der Waals surface area (Å²) in [5.41, 5.74) is 0.0417. The van der Waals surface area contributed by atoms with Gasteiger partial charge in [-0.3, -0.25) is 9.59 Å². The first-order chi connectivity index (χ1) is 14.8. The first-order valence-corrected chi connectivity index (χ1v) is 10.4. The van der Waals surface area contributed by atoms with E-state index in [-0.39, 0.29) is 5.78 Å². The van der Waals surface area contributed by atoms with Crippen molar-refractivity contribution in [1.29, 1.82) is 5.26 Å². The number of benzene rings is 3. The number of hydrogen-bond acceptors (Lipinski definition) is 3. The predicted molar refractivity (Wildman–Crippen MR) is 121 cm³/mol. The molecule has 154 valence electrons. The van der Waals surface area contributed by atoms with Crippen LogP contribution in [-0.4, -0.2) is 11.7 Å². The minimum atomic E-state index is -1.53. The molecule has 31 heavy (non-hydrogen) atoms. The zero-order valence-electron chi connectivity index (χ0n) is 17.2. The number of aryl methyl sites for hydroxylation is 1. The minimum absolute atomic E-state index is 0.251. The molecule has 1 aliphatic rings. The van der Waals surface area contributed by atoms with Crippen LogP contribution in [0, 0.1) is 29.1 Å². The van der Waals surface area contributed by atoms with Crippen molar-refractivity contribution >= 4 is 29.0 Å². The Kier molecular flexibility index (Phi) is 5.16. The molecule has 5 heteroatoms. The van der Waals surface area contributed by atoms with E-state index in [9.17, 15) is 14.9 Å². The molecule has 0 spiro atoms. The van der Waals surface area contributed by atoms with Crippen LogP contribution in [0.5, 0.6) is 0 Å². The van der Waals surface area contributed by atoms with Gasteiger partial charge in [0.05, 0.1) is 11.5 Å². The Morgan fingerprint density at radius 3 is 2.29 bits per heavy atom. The van der Waals surface area contributed by atoms with Gasteiger partial charge in [0.25, 0.3) is 0 Å². The second kappa shape index (κ2) is 7.68. The number of carbonyl (C=O) groups is 2. The van der Waals surface area contributed by atoms with E-state index < -0.39 is 22.7 Å². The van der Waals surface area contributed by atoms with Gasteiger partial charge in [0, 0.05) is 22.2 Å². The molecule has 1 amide bonds. The highest BCUT2D eigenvalue weighted by Crippen LogP contribution is 2.75. The van der Waals surface area contributed by atoms with Gasteiger partial charge in [-0.1, -0.05) is 54.1 Å². The number of carbonyl (C=O) groups excluding carboxylic acids is 2. The number of amides is 1. The third kappa shape index (κ3) is 3.22. The fourth-order valence-electron chi connectivity index (χ4n) is 4.61. The quantitative estimate of drug-likeness (QED) is 0.523. The summed E-state index contributed by atoms with van der Waals surface area (Å²) >= 11 is 5.98. The number of hydrogen-bond donors (Lipinski definition) is 1. The van der Waals surface area contributed by atoms with Crippen molar-refractivity contribution in [1.82, 2.24) is 0 Å². The monoisotopic (exact) mass is 428 g/mol. The minimum Gasteiger partial charge on any atom is -0.325 e. The molecular formula is C26H21ClN2O2. The lowest BCUT2D eigenvalue weighted by molar-refractivity contribution is -0.120. The number of halogens is 1. The number of nitrogens with one attached hydrogen (secondary N) is 1. The number of anilines is 1. The number of ketones is 1. The van der Waals surface area contributed by atoms with Crippen LogP contribution in [-0.2, 0) is 4.79 Å². The molecule has 0 bridgehead atoms. The van der Waals surface area contributed by atoms with Crippen molar-refractivity contribution < 1.29 is 9.59 Å². The van der Waals surface area contributed by atoms with Crippen molar-refractivity contribution in [3.05, 3.63) is 101 Å². The maximum absolute atomic E-state index is 13.6. The second-order valence-electron chi connectivity index (χ2n) is 8.13. The normalized spacial score (nSPS) is 24.1. The highest BCUT2D eigenvalue weighted by molar-refractivity contribution is 6.30. The van der Waals surface area contributed by atoms with E-state index >= 15 is 0 Å². The molecule has 0 aromatic heterocycles. The maximum Gasteiger partial charge on any atom is 0.246 e. The zero-order chi connectivity index (χ0) is 22.2. The molecule has 3 aromatic carbocycles. The molecule has 0 unspecified atom stereocenters. The Morgan fingerprint density at radius 2 is 1.68 bits per heavy atom. The molecule has 0 heterocycles. The van der Waals surface area contributed by atoms with E-state index in [1.807, 2.05) is 55.5 Å². The Labute approximate surface area is 186 Å². The average Bonchev–Trinajstić information content (AvgIpc) is 3.35. The van der Waals surface area contributed by atoms with E-state index in [2.05, 4.69) is 11.4 Å². The Hall–Kier alpha value is -3.42. The van der Waals surface area contributed by atoms with Crippen molar-refractivity contribution in [2.75, 3.05) is 5.32 Å². The van der Waals surface area contributed by atoms with Crippen LogP contribution in [0.25, 0.3) is 0 Å². The molecule has 3 atom stereocenters. The third-order valence-corrected chi connectivity index (χ3v) is 6.52. The fourth-order valence-corrected chi connectivity index (χ4v) is 4.74. The standard InChI is InChI=1S/C26H21ClN2O2/c1-17-7-6-10-21(15-17)29-24(31)26(16-28)22(18-8-4-3-5-9-18)25(26,2)23(30)19-11-13-20(27)14-12-19/h3-15,22H,1-2H3,(H,29,31)/t22-,25+,26+/m1/s1. The summed E-state index contributed by atoms with van der Waals surface area (Å²) in [5, 5.41) is 13.7. The van der Waals surface area contributed by atoms with Gasteiger partial charge in [0.1, 0.15) is 0 Å². The second-order valence-corrected chi connectivity index (χ2v) is 8.56. The molecule has 4 nitrogen and oxygen atoms in total. The highest BCUT2D eigenvalue weighted by Gasteiger charge is 2.82. The Bertz CT molecular complexity index is 1200. The summed E-state index contributed by atoms with van der Waals surface area (Å²) in [7, 11) is 0. The smallest absolute Gasteiger partial charge is 0.246 e. The maximum atomic E-state index is 13.6. The van der Waals surface area contributed by atoms with Crippen molar-refractivity contribution in [3.63, 3.8) is 0 Å². The highest BCUT2D eigenvalue weighted by atomic mass is 35.5. The summed E-state index contributed by atoms with van der Waals surface area (Å²) < 4.78 is 0. The molecule has 1 N–H and O–H groups in total. The third-order valence-electron chi connectivity index (χ3n) is 6.27. The van der Waals surface area contributed by atoms with Gasteiger partial charge in [-0.25, -0.2) is 0 Å². The predicted octanol–water partition coefficient (Wildman–Crippen LogP) is 5.78. The van der Waals surface area contributed by atoms with E-state index in [1.165, 1.54) is 0 Å². The fraction of sp³-hybridized carbons (Fsp3) is 0.192. The molecule has 1 saturated carbocycles. The van der Waals surface area contributed by atoms with Crippen LogP contribution in [0.2, 0.25) is 5.02 Å². The Morgan fingerprint density at radius 1 is 1.00 bits per heavy atom. The van der Waals surface area contributed by atoms with E-state index in [1.54, 1.807) is 37.3 Å². The van der Waals surface area contributed by atoms with Gasteiger partial charge < -0.3 is 5.32 Å². The van der Waals surface area contributed by atoms with Crippen LogP contribution in [0.15, 0.2) is 78.9 Å². The van der Waals surface area contributed by atoms with E-state index in [0.717, 1.165) is 11.1 Å². The molecule has 0 aliphatic heterocycles. The number of Topliss-reactive ketones (excluding diaryl/α,β-unsaturated/α-hetero) is 1. The molecule has 1 aliphatic carbocycles. The summed E-state index contributed by atoms with van der Waals surface area (Å²) in [6.07, 6.45) is 0. The topological polar surface area (TPSA) is 70.0 Å². The van der Waals surface area contributed by atoms with Crippen LogP contribution in [0.1, 0.15) is 34.3 Å². The van der Waals surface area contributed by atoms with Gasteiger partial charge in [-0.2, -0.15) is 5.26 Å². The average molecular weight is 429 g/mol. The number of nitriles is 1. The van der Waals surface area contributed by atoms with Crippen molar-refractivity contribution in [3.8, 4) is 6.07 Å². The van der Waals surface area contributed by atoms with Gasteiger partial charge in [0.15, 0.2) is 11.2 Å². The lowest BCUT2D eigenvalue weighted by atomic mass is 9.87. The molecule has 1 fully saturated rings. The lowest BCUT2D eigenvalue weighted by Crippen LogP contribution is -2.31. The molecule has 0 saturated heterocycles. The van der Waals surface area contributed by atoms with Gasteiger partial charge in [-0.15, -0.1) is 0 Å². The summed E-state index contributed by atoms with van der Waals surface area (Å²) in [5.74, 6) is -1.29.